The third kappa shape index (κ3) is 11.4. The molecule has 280 valence electrons. The van der Waals surface area contributed by atoms with E-state index in [1.54, 1.807) is 6.92 Å². The summed E-state index contributed by atoms with van der Waals surface area (Å²) in [4.78, 5) is 24.5. The predicted molar refractivity (Wildman–Crippen MR) is 171 cm³/mol. The molecule has 1 fully saturated rings. The molecule has 1 aliphatic rings. The maximum absolute atomic E-state index is 14.0. The van der Waals surface area contributed by atoms with Crippen molar-refractivity contribution >= 4 is 23.3 Å². The molecule has 51 heavy (non-hydrogen) atoms. The van der Waals surface area contributed by atoms with Gasteiger partial charge >= 0.3 is 24.5 Å². The van der Waals surface area contributed by atoms with Crippen LogP contribution in [0.3, 0.4) is 0 Å². The van der Waals surface area contributed by atoms with E-state index >= 15 is 0 Å². The molecule has 2 aromatic carbocycles. The highest BCUT2D eigenvalue weighted by Gasteiger charge is 2.37. The molecule has 0 amide bonds. The summed E-state index contributed by atoms with van der Waals surface area (Å²) in [5, 5.41) is 8.87. The molecule has 1 aliphatic heterocycles. The Morgan fingerprint density at radius 1 is 0.784 bits per heavy atom. The quantitative estimate of drug-likeness (QED) is 0.123. The van der Waals surface area contributed by atoms with Crippen molar-refractivity contribution in [2.45, 2.75) is 70.6 Å². The number of unbranched alkanes of at least 4 members (excludes halogenated alkanes) is 3. The molecule has 0 bridgehead atoms. The molecule has 17 heteroatoms. The fourth-order valence-corrected chi connectivity index (χ4v) is 5.77. The normalized spacial score (nSPS) is 14.1. The number of halogens is 9. The molecule has 0 spiro atoms. The lowest BCUT2D eigenvalue weighted by atomic mass is 10.0. The number of hydrogen-bond donors (Lipinski definition) is 1. The second-order valence-corrected chi connectivity index (χ2v) is 12.1. The second kappa shape index (κ2) is 16.8. The molecule has 8 nitrogen and oxygen atoms in total. The van der Waals surface area contributed by atoms with Gasteiger partial charge in [0.1, 0.15) is 0 Å². The van der Waals surface area contributed by atoms with Gasteiger partial charge in [0, 0.05) is 51.4 Å². The lowest BCUT2D eigenvalue weighted by Crippen LogP contribution is -2.36. The van der Waals surface area contributed by atoms with Crippen LogP contribution in [0.25, 0.3) is 0 Å². The van der Waals surface area contributed by atoms with Crippen molar-refractivity contribution in [1.29, 1.82) is 0 Å². The van der Waals surface area contributed by atoms with Crippen LogP contribution in [0.5, 0.6) is 0 Å². The third-order valence-corrected chi connectivity index (χ3v) is 8.36. The number of benzene rings is 2. The van der Waals surface area contributed by atoms with Crippen molar-refractivity contribution in [2.75, 3.05) is 54.1 Å². The van der Waals surface area contributed by atoms with Gasteiger partial charge in [0.25, 0.3) is 0 Å². The zero-order valence-corrected chi connectivity index (χ0v) is 27.7. The van der Waals surface area contributed by atoms with E-state index in [1.165, 1.54) is 23.4 Å². The smallest absolute Gasteiger partial charge is 0.416 e. The first kappa shape index (κ1) is 39.5. The molecule has 1 saturated heterocycles. The molecule has 0 saturated carbocycles. The first-order valence-electron chi connectivity index (χ1n) is 16.3. The summed E-state index contributed by atoms with van der Waals surface area (Å²) in [6, 6.07) is 4.26. The summed E-state index contributed by atoms with van der Waals surface area (Å²) in [5.41, 5.74) is -3.39. The van der Waals surface area contributed by atoms with Crippen LogP contribution in [-0.2, 0) is 41.1 Å². The molecule has 0 aliphatic carbocycles. The minimum atomic E-state index is -5.11. The molecular formula is C34H38F9N5O3. The fraction of sp³-hybridized carbons (Fsp3) is 0.500. The predicted octanol–water partition coefficient (Wildman–Crippen LogP) is 8.44. The van der Waals surface area contributed by atoms with Crippen LogP contribution in [0.4, 0.5) is 56.8 Å². The number of anilines is 3. The zero-order chi connectivity index (χ0) is 37.4. The number of rotatable bonds is 15. The summed E-state index contributed by atoms with van der Waals surface area (Å²) >= 11 is 0. The fourth-order valence-electron chi connectivity index (χ4n) is 5.77. The highest BCUT2D eigenvalue weighted by molar-refractivity contribution is 5.66. The molecule has 1 aromatic heterocycles. The molecular weight excluding hydrogens is 697 g/mol. The van der Waals surface area contributed by atoms with Crippen molar-refractivity contribution < 1.29 is 54.2 Å². The Morgan fingerprint density at radius 2 is 1.37 bits per heavy atom. The number of alkyl halides is 9. The Balaban J connectivity index is 1.75. The van der Waals surface area contributed by atoms with Gasteiger partial charge in [-0.1, -0.05) is 12.8 Å². The highest BCUT2D eigenvalue weighted by atomic mass is 19.4. The Hall–Kier alpha value is -4.28. The van der Waals surface area contributed by atoms with Gasteiger partial charge in [-0.3, -0.25) is 4.79 Å². The summed E-state index contributed by atoms with van der Waals surface area (Å²) < 4.78 is 130. The number of carboxylic acids is 1. The van der Waals surface area contributed by atoms with Gasteiger partial charge in [0.05, 0.1) is 48.0 Å². The van der Waals surface area contributed by atoms with Gasteiger partial charge in [0.15, 0.2) is 0 Å². The van der Waals surface area contributed by atoms with Crippen LogP contribution in [0.1, 0.15) is 66.8 Å². The molecule has 0 radical (unpaired) electrons. The molecule has 0 atom stereocenters. The van der Waals surface area contributed by atoms with Crippen LogP contribution in [0, 0.1) is 0 Å². The third-order valence-electron chi connectivity index (χ3n) is 8.36. The van der Waals surface area contributed by atoms with Crippen LogP contribution in [-0.4, -0.2) is 60.4 Å². The largest absolute Gasteiger partial charge is 0.481 e. The maximum Gasteiger partial charge on any atom is 0.416 e. The summed E-state index contributed by atoms with van der Waals surface area (Å²) in [5.74, 6) is -1.04. The van der Waals surface area contributed by atoms with Gasteiger partial charge in [-0.05, 0) is 67.3 Å². The minimum absolute atomic E-state index is 0.00712. The van der Waals surface area contributed by atoms with Gasteiger partial charge in [-0.25, -0.2) is 9.97 Å². The van der Waals surface area contributed by atoms with Crippen molar-refractivity contribution in [2.24, 2.45) is 0 Å². The van der Waals surface area contributed by atoms with Crippen LogP contribution >= 0.6 is 0 Å². The van der Waals surface area contributed by atoms with E-state index in [1.807, 2.05) is 9.80 Å². The van der Waals surface area contributed by atoms with Gasteiger partial charge in [0.2, 0.25) is 5.95 Å². The number of aromatic nitrogens is 2. The highest BCUT2D eigenvalue weighted by Crippen LogP contribution is 2.38. The topological polar surface area (TPSA) is 82.0 Å². The number of aliphatic carboxylic acids is 1. The van der Waals surface area contributed by atoms with E-state index in [0.29, 0.717) is 88.6 Å². The lowest BCUT2D eigenvalue weighted by molar-refractivity contribution is -0.143. The summed E-state index contributed by atoms with van der Waals surface area (Å²) in [7, 11) is 0. The SMILES string of the molecule is CCN(CCCCCCC(=O)O)c1ccc(C(F)(F)F)cc1CN(Cc1cc(C(F)(F)F)cc(C(F)(F)F)c1)c1ncc(N2CCOCC2)cn1. The maximum atomic E-state index is 14.0. The number of carboxylic acid groups (broad SMARTS) is 1. The van der Waals surface area contributed by atoms with E-state index in [2.05, 4.69) is 9.97 Å². The number of carbonyl (C=O) groups is 1. The Labute approximate surface area is 288 Å². The van der Waals surface area contributed by atoms with Crippen molar-refractivity contribution in [3.8, 4) is 0 Å². The molecule has 2 heterocycles. The van der Waals surface area contributed by atoms with Crippen LogP contribution in [0.2, 0.25) is 0 Å². The summed E-state index contributed by atoms with van der Waals surface area (Å²) in [6.45, 7) is 3.49. The monoisotopic (exact) mass is 735 g/mol. The Bertz CT molecular complexity index is 1560. The average molecular weight is 736 g/mol. The molecule has 1 N–H and O–H groups in total. The summed E-state index contributed by atoms with van der Waals surface area (Å²) in [6.07, 6.45) is -9.74. The van der Waals surface area contributed by atoms with E-state index < -0.39 is 59.8 Å². The van der Waals surface area contributed by atoms with E-state index in [4.69, 9.17) is 9.84 Å². The number of hydrogen-bond acceptors (Lipinski definition) is 7. The number of ether oxygens (including phenoxy) is 1. The molecule has 3 aromatic rings. The van der Waals surface area contributed by atoms with Crippen molar-refractivity contribution in [1.82, 2.24) is 9.97 Å². The number of morpholine rings is 1. The second-order valence-electron chi connectivity index (χ2n) is 12.1. The van der Waals surface area contributed by atoms with E-state index in [9.17, 15) is 44.3 Å². The number of nitrogens with zero attached hydrogens (tertiary/aromatic N) is 5. The zero-order valence-electron chi connectivity index (χ0n) is 27.7. The lowest BCUT2D eigenvalue weighted by Gasteiger charge is -2.31. The van der Waals surface area contributed by atoms with Gasteiger partial charge in [-0.15, -0.1) is 0 Å². The van der Waals surface area contributed by atoms with Crippen molar-refractivity contribution in [3.05, 3.63) is 76.6 Å². The molecule has 0 unspecified atom stereocenters. The first-order valence-corrected chi connectivity index (χ1v) is 16.3. The minimum Gasteiger partial charge on any atom is -0.481 e. The van der Waals surface area contributed by atoms with Crippen LogP contribution < -0.4 is 14.7 Å². The van der Waals surface area contributed by atoms with Gasteiger partial charge in [-0.2, -0.15) is 39.5 Å². The van der Waals surface area contributed by atoms with E-state index in [0.717, 1.165) is 12.1 Å². The average Bonchev–Trinajstić information content (AvgIpc) is 3.07. The standard InChI is InChI=1S/C34H38F9N5O3/c1-2-46(10-6-4-3-5-7-30(49)50)29-9-8-25(32(35,36)37)17-24(29)22-48(31-44-19-28(20-45-31)47-11-13-51-14-12-47)21-23-15-26(33(38,39)40)18-27(16-23)34(41,42)43/h8-9,15-20H,2-7,10-14,21-22H2,1H3,(H,49,50). The first-order chi connectivity index (χ1) is 24.0. The van der Waals surface area contributed by atoms with Crippen LogP contribution in [0.15, 0.2) is 48.8 Å². The molecule has 4 rings (SSSR count). The van der Waals surface area contributed by atoms with Crippen molar-refractivity contribution in [3.63, 3.8) is 0 Å². The van der Waals surface area contributed by atoms with Gasteiger partial charge < -0.3 is 24.5 Å². The Morgan fingerprint density at radius 3 is 1.92 bits per heavy atom. The van der Waals surface area contributed by atoms with E-state index in [-0.39, 0.29) is 24.0 Å². The Kier molecular flexibility index (Phi) is 13.0.